The molecule has 2 bridgehead atoms. The topological polar surface area (TPSA) is 52.6 Å². The number of benzene rings is 3. The van der Waals surface area contributed by atoms with Crippen LogP contribution >= 0.6 is 0 Å². The summed E-state index contributed by atoms with van der Waals surface area (Å²) in [5.74, 6) is -0.948. The minimum atomic E-state index is -0.355. The number of hydrogen-bond donors (Lipinski definition) is 0. The summed E-state index contributed by atoms with van der Waals surface area (Å²) in [4.78, 5) is 25.8. The van der Waals surface area contributed by atoms with Crippen LogP contribution in [0.3, 0.4) is 0 Å². The van der Waals surface area contributed by atoms with Gasteiger partial charge in [-0.05, 0) is 59.4 Å². The van der Waals surface area contributed by atoms with Gasteiger partial charge < -0.3 is 9.47 Å². The van der Waals surface area contributed by atoms with Crippen molar-refractivity contribution in [2.75, 3.05) is 13.2 Å². The lowest BCUT2D eigenvalue weighted by Crippen LogP contribution is -2.31. The first kappa shape index (κ1) is 18.6. The Hall–Kier alpha value is -3.40. The lowest BCUT2D eigenvalue weighted by atomic mass is 9.59. The van der Waals surface area contributed by atoms with Crippen LogP contribution in [0.2, 0.25) is 0 Å². The highest BCUT2D eigenvalue weighted by Gasteiger charge is 2.45. The Balaban J connectivity index is 1.85. The molecule has 4 heteroatoms. The summed E-state index contributed by atoms with van der Waals surface area (Å²) >= 11 is 0. The molecule has 0 heterocycles. The molecule has 0 unspecified atom stereocenters. The van der Waals surface area contributed by atoms with E-state index in [9.17, 15) is 9.59 Å². The van der Waals surface area contributed by atoms with Crippen LogP contribution in [0.5, 0.6) is 0 Å². The van der Waals surface area contributed by atoms with Crippen LogP contribution < -0.4 is 0 Å². The van der Waals surface area contributed by atoms with E-state index in [1.54, 1.807) is 26.0 Å². The Morgan fingerprint density at radius 2 is 0.967 bits per heavy atom. The van der Waals surface area contributed by atoms with Crippen molar-refractivity contribution in [3.63, 3.8) is 0 Å². The molecule has 0 aromatic heterocycles. The Morgan fingerprint density at radius 1 is 0.633 bits per heavy atom. The highest BCUT2D eigenvalue weighted by molar-refractivity contribution is 5.99. The average molecular weight is 398 g/mol. The van der Waals surface area contributed by atoms with Gasteiger partial charge in [-0.3, -0.25) is 0 Å². The molecule has 0 saturated carbocycles. The molecule has 150 valence electrons. The van der Waals surface area contributed by atoms with Gasteiger partial charge in [0.2, 0.25) is 0 Å². The zero-order chi connectivity index (χ0) is 20.8. The molecule has 0 amide bonds. The maximum absolute atomic E-state index is 12.9. The average Bonchev–Trinajstić information content (AvgIpc) is 2.78. The summed E-state index contributed by atoms with van der Waals surface area (Å²) in [5.41, 5.74) is 7.53. The summed E-state index contributed by atoms with van der Waals surface area (Å²) in [5, 5.41) is 0. The molecule has 6 rings (SSSR count). The lowest BCUT2D eigenvalue weighted by Gasteiger charge is -2.43. The van der Waals surface area contributed by atoms with Crippen LogP contribution in [0.4, 0.5) is 0 Å². The van der Waals surface area contributed by atoms with Gasteiger partial charge in [0.05, 0.1) is 24.3 Å². The molecule has 4 nitrogen and oxygen atoms in total. The third-order valence-corrected chi connectivity index (χ3v) is 6.09. The minimum Gasteiger partial charge on any atom is -0.462 e. The second-order valence-corrected chi connectivity index (χ2v) is 7.55. The minimum absolute atomic E-state index is 0.119. The molecule has 0 aliphatic heterocycles. The summed E-state index contributed by atoms with van der Waals surface area (Å²) in [6, 6.07) is 20.0. The van der Waals surface area contributed by atoms with Crippen LogP contribution in [-0.4, -0.2) is 25.2 Å². The largest absolute Gasteiger partial charge is 0.462 e. The molecule has 0 saturated heterocycles. The molecule has 0 atom stereocenters. The molecule has 3 aliphatic carbocycles. The molecular formula is C26H22O4. The van der Waals surface area contributed by atoms with Gasteiger partial charge in [0.15, 0.2) is 0 Å². The Bertz CT molecular complexity index is 1040. The van der Waals surface area contributed by atoms with Gasteiger partial charge in [-0.25, -0.2) is 9.59 Å². The first-order valence-corrected chi connectivity index (χ1v) is 10.4. The Labute approximate surface area is 175 Å². The van der Waals surface area contributed by atoms with Crippen LogP contribution in [0.15, 0.2) is 60.7 Å². The van der Waals surface area contributed by atoms with E-state index in [1.807, 2.05) is 24.3 Å². The smallest absolute Gasteiger partial charge is 0.338 e. The van der Waals surface area contributed by atoms with Crippen molar-refractivity contribution >= 4 is 11.9 Å². The number of rotatable bonds is 4. The van der Waals surface area contributed by atoms with Crippen molar-refractivity contribution in [1.29, 1.82) is 0 Å². The van der Waals surface area contributed by atoms with Crippen molar-refractivity contribution in [1.82, 2.24) is 0 Å². The lowest BCUT2D eigenvalue weighted by molar-refractivity contribution is 0.0508. The first-order valence-electron chi connectivity index (χ1n) is 10.4. The molecule has 0 N–H and O–H groups in total. The maximum atomic E-state index is 12.9. The second-order valence-electron chi connectivity index (χ2n) is 7.55. The van der Waals surface area contributed by atoms with Crippen molar-refractivity contribution in [3.05, 3.63) is 105 Å². The molecule has 0 spiro atoms. The van der Waals surface area contributed by atoms with Gasteiger partial charge in [-0.2, -0.15) is 0 Å². The van der Waals surface area contributed by atoms with Gasteiger partial charge >= 0.3 is 11.9 Å². The van der Waals surface area contributed by atoms with Gasteiger partial charge in [0.25, 0.3) is 0 Å². The molecular weight excluding hydrogens is 376 g/mol. The van der Waals surface area contributed by atoms with E-state index < -0.39 is 0 Å². The number of carbonyl (C=O) groups excluding carboxylic acids is 2. The van der Waals surface area contributed by atoms with E-state index >= 15 is 0 Å². The Kier molecular flexibility index (Phi) is 4.43. The molecule has 3 aliphatic rings. The van der Waals surface area contributed by atoms with E-state index in [4.69, 9.17) is 9.47 Å². The van der Waals surface area contributed by atoms with Gasteiger partial charge in [0, 0.05) is 11.8 Å². The third-order valence-electron chi connectivity index (χ3n) is 6.09. The maximum Gasteiger partial charge on any atom is 0.338 e. The highest BCUT2D eigenvalue weighted by Crippen LogP contribution is 2.57. The van der Waals surface area contributed by atoms with Crippen LogP contribution in [0, 0.1) is 0 Å². The quantitative estimate of drug-likeness (QED) is 0.399. The number of carbonyl (C=O) groups is 2. The molecule has 30 heavy (non-hydrogen) atoms. The summed E-state index contributed by atoms with van der Waals surface area (Å²) in [7, 11) is 0. The normalized spacial score (nSPS) is 17.5. The fraction of sp³-hybridized carbons (Fsp3) is 0.231. The predicted octanol–water partition coefficient (Wildman–Crippen LogP) is 5.03. The van der Waals surface area contributed by atoms with E-state index in [-0.39, 0.29) is 23.8 Å². The third kappa shape index (κ3) is 2.53. The highest BCUT2D eigenvalue weighted by atomic mass is 16.5. The van der Waals surface area contributed by atoms with E-state index in [0.29, 0.717) is 24.3 Å². The van der Waals surface area contributed by atoms with Crippen LogP contribution in [0.25, 0.3) is 0 Å². The molecule has 0 fully saturated rings. The fourth-order valence-corrected chi connectivity index (χ4v) is 5.06. The van der Waals surface area contributed by atoms with Crippen molar-refractivity contribution in [3.8, 4) is 0 Å². The number of hydrogen-bond acceptors (Lipinski definition) is 4. The summed E-state index contributed by atoms with van der Waals surface area (Å²) < 4.78 is 10.7. The second kappa shape index (κ2) is 7.13. The molecule has 3 aromatic rings. The van der Waals surface area contributed by atoms with Crippen LogP contribution in [0.1, 0.15) is 79.8 Å². The van der Waals surface area contributed by atoms with Crippen LogP contribution in [-0.2, 0) is 9.47 Å². The molecule has 3 aromatic carbocycles. The standard InChI is InChI=1S/C26H22O4/c1-3-29-25(27)19-13-14-20(26(28)30-4-2)24-22-17-11-7-5-9-15(17)21(23(19)24)16-10-6-8-12-18(16)22/h5-14,21-22H,3-4H2,1-2H3. The van der Waals surface area contributed by atoms with Crippen molar-refractivity contribution in [2.24, 2.45) is 0 Å². The van der Waals surface area contributed by atoms with Crippen molar-refractivity contribution < 1.29 is 19.1 Å². The first-order chi connectivity index (χ1) is 14.7. The van der Waals surface area contributed by atoms with Gasteiger partial charge in [-0.1, -0.05) is 48.5 Å². The fourth-order valence-electron chi connectivity index (χ4n) is 5.06. The number of ether oxygens (including phenoxy) is 2. The number of esters is 2. The SMILES string of the molecule is CCOC(=O)c1ccc(C(=O)OCC)c2c1C1c3ccccc3C2c2ccccc21. The monoisotopic (exact) mass is 398 g/mol. The summed E-state index contributed by atoms with van der Waals surface area (Å²) in [6.45, 7) is 4.20. The van der Waals surface area contributed by atoms with E-state index in [1.165, 1.54) is 22.3 Å². The van der Waals surface area contributed by atoms with E-state index in [0.717, 1.165) is 11.1 Å². The zero-order valence-corrected chi connectivity index (χ0v) is 17.0. The van der Waals surface area contributed by atoms with E-state index in [2.05, 4.69) is 24.3 Å². The van der Waals surface area contributed by atoms with Crippen molar-refractivity contribution in [2.45, 2.75) is 25.7 Å². The Morgan fingerprint density at radius 3 is 1.27 bits per heavy atom. The zero-order valence-electron chi connectivity index (χ0n) is 17.0. The predicted molar refractivity (Wildman–Crippen MR) is 113 cm³/mol. The molecule has 0 radical (unpaired) electrons. The van der Waals surface area contributed by atoms with Gasteiger partial charge in [-0.15, -0.1) is 0 Å². The van der Waals surface area contributed by atoms with Gasteiger partial charge in [0.1, 0.15) is 0 Å². The summed E-state index contributed by atoms with van der Waals surface area (Å²) in [6.07, 6.45) is 0.